The van der Waals surface area contributed by atoms with Crippen molar-refractivity contribution < 1.29 is 4.74 Å². The highest BCUT2D eigenvalue weighted by atomic mass is 16.5. The van der Waals surface area contributed by atoms with Gasteiger partial charge in [-0.1, -0.05) is 6.07 Å². The fourth-order valence-corrected chi connectivity index (χ4v) is 3.53. The molecule has 3 heterocycles. The maximum atomic E-state index is 5.29. The van der Waals surface area contributed by atoms with E-state index in [-0.39, 0.29) is 0 Å². The second-order valence-electron chi connectivity index (χ2n) is 6.52. The molecule has 0 aliphatic carbocycles. The van der Waals surface area contributed by atoms with Crippen LogP contribution in [0.2, 0.25) is 0 Å². The average molecular weight is 336 g/mol. The molecule has 130 valence electrons. The molecule has 0 amide bonds. The summed E-state index contributed by atoms with van der Waals surface area (Å²) in [5, 5.41) is 3.42. The van der Waals surface area contributed by atoms with Gasteiger partial charge in [-0.2, -0.15) is 0 Å². The lowest BCUT2D eigenvalue weighted by molar-refractivity contribution is 0.230. The van der Waals surface area contributed by atoms with Crippen molar-refractivity contribution in [3.05, 3.63) is 53.9 Å². The predicted molar refractivity (Wildman–Crippen MR) is 100 cm³/mol. The van der Waals surface area contributed by atoms with E-state index in [1.807, 2.05) is 12.1 Å². The Bertz CT molecular complexity index is 863. The first kappa shape index (κ1) is 16.1. The fourth-order valence-electron chi connectivity index (χ4n) is 3.53. The number of hydrogen-bond acceptors (Lipinski definition) is 4. The van der Waals surface area contributed by atoms with E-state index in [2.05, 4.69) is 51.9 Å². The van der Waals surface area contributed by atoms with Crippen LogP contribution in [-0.2, 0) is 6.54 Å². The Morgan fingerprint density at radius 3 is 2.56 bits per heavy atom. The van der Waals surface area contributed by atoms with Gasteiger partial charge in [0.15, 0.2) is 0 Å². The molecule has 0 unspecified atom stereocenters. The maximum absolute atomic E-state index is 5.29. The number of aryl methyl sites for hydroxylation is 1. The zero-order chi connectivity index (χ0) is 17.2. The van der Waals surface area contributed by atoms with Crippen LogP contribution in [0.4, 0.5) is 0 Å². The van der Waals surface area contributed by atoms with Gasteiger partial charge in [0.1, 0.15) is 11.4 Å². The minimum Gasteiger partial charge on any atom is -0.497 e. The number of benzene rings is 1. The molecule has 1 aliphatic rings. The quantitative estimate of drug-likeness (QED) is 0.795. The minimum atomic E-state index is 0.868. The third-order valence-electron chi connectivity index (χ3n) is 4.88. The molecular formula is C20H24N4O. The molecule has 1 N–H and O–H groups in total. The summed E-state index contributed by atoms with van der Waals surface area (Å²) in [6.07, 6.45) is 0. The minimum absolute atomic E-state index is 0.868. The van der Waals surface area contributed by atoms with Crippen molar-refractivity contribution in [2.45, 2.75) is 13.5 Å². The highest BCUT2D eigenvalue weighted by Gasteiger charge is 2.19. The predicted octanol–water partition coefficient (Wildman–Crippen LogP) is 2.72. The molecular weight excluding hydrogens is 312 g/mol. The Balaban J connectivity index is 1.81. The number of methoxy groups -OCH3 is 1. The molecule has 0 radical (unpaired) electrons. The monoisotopic (exact) mass is 336 g/mol. The standard InChI is InChI=1S/C20H24N4O/c1-15-4-3-5-19-22-20(16-6-8-17(25-2)9-7-16)18(24(15)19)14-23-12-10-21-11-13-23/h3-9,21H,10-14H2,1-2H3. The van der Waals surface area contributed by atoms with Gasteiger partial charge in [0.2, 0.25) is 0 Å². The van der Waals surface area contributed by atoms with E-state index >= 15 is 0 Å². The smallest absolute Gasteiger partial charge is 0.137 e. The SMILES string of the molecule is COc1ccc(-c2nc3cccc(C)n3c2CN2CCNCC2)cc1. The lowest BCUT2D eigenvalue weighted by Crippen LogP contribution is -2.43. The van der Waals surface area contributed by atoms with Crippen LogP contribution in [0.15, 0.2) is 42.5 Å². The lowest BCUT2D eigenvalue weighted by Gasteiger charge is -2.27. The first-order valence-electron chi connectivity index (χ1n) is 8.81. The van der Waals surface area contributed by atoms with Crippen molar-refractivity contribution in [2.75, 3.05) is 33.3 Å². The van der Waals surface area contributed by atoms with Gasteiger partial charge in [0.25, 0.3) is 0 Å². The highest BCUT2D eigenvalue weighted by molar-refractivity contribution is 5.67. The molecule has 25 heavy (non-hydrogen) atoms. The molecule has 1 saturated heterocycles. The summed E-state index contributed by atoms with van der Waals surface area (Å²) in [7, 11) is 1.69. The number of imidazole rings is 1. The summed E-state index contributed by atoms with van der Waals surface area (Å²) in [4.78, 5) is 7.44. The zero-order valence-corrected chi connectivity index (χ0v) is 14.8. The van der Waals surface area contributed by atoms with E-state index < -0.39 is 0 Å². The van der Waals surface area contributed by atoms with Crippen LogP contribution in [0.1, 0.15) is 11.4 Å². The highest BCUT2D eigenvalue weighted by Crippen LogP contribution is 2.28. The van der Waals surface area contributed by atoms with Crippen LogP contribution in [0.25, 0.3) is 16.9 Å². The Kier molecular flexibility index (Phi) is 4.42. The number of fused-ring (bicyclic) bond motifs is 1. The molecule has 2 aromatic heterocycles. The lowest BCUT2D eigenvalue weighted by atomic mass is 10.1. The Morgan fingerprint density at radius 2 is 1.84 bits per heavy atom. The zero-order valence-electron chi connectivity index (χ0n) is 14.8. The summed E-state index contributed by atoms with van der Waals surface area (Å²) in [6, 6.07) is 14.5. The molecule has 0 atom stereocenters. The van der Waals surface area contributed by atoms with E-state index in [9.17, 15) is 0 Å². The van der Waals surface area contributed by atoms with Crippen molar-refractivity contribution in [3.63, 3.8) is 0 Å². The number of nitrogens with zero attached hydrogens (tertiary/aromatic N) is 3. The molecule has 1 aromatic carbocycles. The van der Waals surface area contributed by atoms with Crippen molar-refractivity contribution in [1.82, 2.24) is 19.6 Å². The van der Waals surface area contributed by atoms with Crippen LogP contribution in [-0.4, -0.2) is 47.6 Å². The molecule has 1 aliphatic heterocycles. The Hall–Kier alpha value is -2.37. The molecule has 0 spiro atoms. The molecule has 1 fully saturated rings. The van der Waals surface area contributed by atoms with Gasteiger partial charge in [-0.15, -0.1) is 0 Å². The van der Waals surface area contributed by atoms with Crippen LogP contribution >= 0.6 is 0 Å². The first-order chi connectivity index (χ1) is 12.3. The summed E-state index contributed by atoms with van der Waals surface area (Å²) in [5.41, 5.74) is 5.69. The Labute approximate surface area is 148 Å². The van der Waals surface area contributed by atoms with Gasteiger partial charge >= 0.3 is 0 Å². The summed E-state index contributed by atoms with van der Waals surface area (Å²) in [5.74, 6) is 0.868. The second-order valence-corrected chi connectivity index (χ2v) is 6.52. The maximum Gasteiger partial charge on any atom is 0.137 e. The number of pyridine rings is 1. The largest absolute Gasteiger partial charge is 0.497 e. The van der Waals surface area contributed by atoms with Crippen molar-refractivity contribution in [3.8, 4) is 17.0 Å². The molecule has 0 bridgehead atoms. The number of rotatable bonds is 4. The fraction of sp³-hybridized carbons (Fsp3) is 0.350. The number of hydrogen-bond donors (Lipinski definition) is 1. The normalized spacial score (nSPS) is 15.6. The van der Waals surface area contributed by atoms with E-state index in [0.29, 0.717) is 0 Å². The summed E-state index contributed by atoms with van der Waals surface area (Å²) < 4.78 is 7.59. The first-order valence-corrected chi connectivity index (χ1v) is 8.81. The third-order valence-corrected chi connectivity index (χ3v) is 4.88. The van der Waals surface area contributed by atoms with Crippen LogP contribution in [0.3, 0.4) is 0 Å². The van der Waals surface area contributed by atoms with E-state index in [4.69, 9.17) is 9.72 Å². The van der Waals surface area contributed by atoms with Gasteiger partial charge in [-0.25, -0.2) is 4.98 Å². The Morgan fingerprint density at radius 1 is 1.08 bits per heavy atom. The summed E-state index contributed by atoms with van der Waals surface area (Å²) in [6.45, 7) is 7.30. The number of ether oxygens (including phenoxy) is 1. The van der Waals surface area contributed by atoms with Gasteiger partial charge in [0.05, 0.1) is 18.5 Å². The number of piperazine rings is 1. The van der Waals surface area contributed by atoms with Gasteiger partial charge < -0.3 is 10.1 Å². The molecule has 3 aromatic rings. The number of aromatic nitrogens is 2. The topological polar surface area (TPSA) is 41.8 Å². The van der Waals surface area contributed by atoms with Crippen molar-refractivity contribution in [1.29, 1.82) is 0 Å². The van der Waals surface area contributed by atoms with E-state index in [0.717, 1.165) is 55.4 Å². The third kappa shape index (κ3) is 3.13. The van der Waals surface area contributed by atoms with Crippen LogP contribution in [0, 0.1) is 6.92 Å². The molecule has 4 rings (SSSR count). The molecule has 5 heteroatoms. The van der Waals surface area contributed by atoms with Crippen LogP contribution in [0.5, 0.6) is 5.75 Å². The van der Waals surface area contributed by atoms with Gasteiger partial charge in [-0.3, -0.25) is 9.30 Å². The summed E-state index contributed by atoms with van der Waals surface area (Å²) >= 11 is 0. The number of nitrogens with one attached hydrogen (secondary N) is 1. The second kappa shape index (κ2) is 6.86. The molecule has 5 nitrogen and oxygen atoms in total. The van der Waals surface area contributed by atoms with Crippen molar-refractivity contribution in [2.24, 2.45) is 0 Å². The van der Waals surface area contributed by atoms with E-state index in [1.165, 1.54) is 11.4 Å². The van der Waals surface area contributed by atoms with Crippen LogP contribution < -0.4 is 10.1 Å². The van der Waals surface area contributed by atoms with Gasteiger partial charge in [0, 0.05) is 44.0 Å². The molecule has 0 saturated carbocycles. The van der Waals surface area contributed by atoms with Crippen molar-refractivity contribution >= 4 is 5.65 Å². The van der Waals surface area contributed by atoms with E-state index in [1.54, 1.807) is 7.11 Å². The average Bonchev–Trinajstić information content (AvgIpc) is 3.02. The van der Waals surface area contributed by atoms with Gasteiger partial charge in [-0.05, 0) is 43.3 Å².